The van der Waals surface area contributed by atoms with Crippen molar-refractivity contribution in [3.8, 4) is 11.5 Å². The van der Waals surface area contributed by atoms with Gasteiger partial charge in [0.1, 0.15) is 29.2 Å². The van der Waals surface area contributed by atoms with Crippen molar-refractivity contribution >= 4 is 33.8 Å². The molecular weight excluding hydrogens is 390 g/mol. The Bertz CT molecular complexity index is 1190. The first-order valence-corrected chi connectivity index (χ1v) is 9.31. The van der Waals surface area contributed by atoms with Crippen LogP contribution in [0.4, 0.5) is 4.79 Å². The number of ether oxygens (including phenoxy) is 3. The maximum atomic E-state index is 12.4. The van der Waals surface area contributed by atoms with Gasteiger partial charge in [0.15, 0.2) is 0 Å². The average Bonchev–Trinajstić information content (AvgIpc) is 2.67. The third-order valence-electron chi connectivity index (χ3n) is 4.29. The third kappa shape index (κ3) is 4.53. The van der Waals surface area contributed by atoms with E-state index in [-0.39, 0.29) is 12.3 Å². The third-order valence-corrected chi connectivity index (χ3v) is 4.29. The van der Waals surface area contributed by atoms with Gasteiger partial charge in [0.05, 0.1) is 12.5 Å². The van der Waals surface area contributed by atoms with E-state index in [1.165, 1.54) is 7.11 Å². The second kappa shape index (κ2) is 8.06. The van der Waals surface area contributed by atoms with Crippen LogP contribution in [0.2, 0.25) is 0 Å². The van der Waals surface area contributed by atoms with Crippen LogP contribution in [0.5, 0.6) is 11.5 Å². The lowest BCUT2D eigenvalue weighted by atomic mass is 10.0. The lowest BCUT2D eigenvalue weighted by Gasteiger charge is -2.19. The zero-order chi connectivity index (χ0) is 22.1. The van der Waals surface area contributed by atoms with Gasteiger partial charge in [0, 0.05) is 16.3 Å². The summed E-state index contributed by atoms with van der Waals surface area (Å²) >= 11 is 0. The molecule has 0 bridgehead atoms. The highest BCUT2D eigenvalue weighted by atomic mass is 16.6. The number of fused-ring (bicyclic) bond motifs is 3. The number of rotatable bonds is 4. The average molecular weight is 413 g/mol. The summed E-state index contributed by atoms with van der Waals surface area (Å²) in [6, 6.07) is 8.49. The Balaban J connectivity index is 1.85. The van der Waals surface area contributed by atoms with E-state index in [1.54, 1.807) is 58.0 Å². The molecule has 0 aliphatic rings. The number of nitrogens with one attached hydrogen (secondary N) is 1. The monoisotopic (exact) mass is 413 g/mol. The number of methoxy groups -OCH3 is 1. The maximum absolute atomic E-state index is 12.4. The van der Waals surface area contributed by atoms with Crippen molar-refractivity contribution in [3.63, 3.8) is 0 Å². The Morgan fingerprint density at radius 3 is 2.43 bits per heavy atom. The summed E-state index contributed by atoms with van der Waals surface area (Å²) in [6.45, 7) is 6.48. The molecule has 0 saturated heterocycles. The normalized spacial score (nSPS) is 11.4. The van der Waals surface area contributed by atoms with Crippen LogP contribution in [0.1, 0.15) is 26.3 Å². The SMILES string of the molecule is COc1ccc2c(c1)c(=O)oc1c(C)c(OC(=O)CNC(=O)OC(C)(C)C)ccc12. The topological polar surface area (TPSA) is 104 Å². The molecule has 3 rings (SSSR count). The highest BCUT2D eigenvalue weighted by Gasteiger charge is 2.18. The molecule has 2 aromatic carbocycles. The Hall–Kier alpha value is -3.55. The predicted molar refractivity (Wildman–Crippen MR) is 111 cm³/mol. The first-order valence-electron chi connectivity index (χ1n) is 9.31. The zero-order valence-corrected chi connectivity index (χ0v) is 17.5. The Kier molecular flexibility index (Phi) is 5.69. The van der Waals surface area contributed by atoms with Gasteiger partial charge in [-0.3, -0.25) is 0 Å². The molecule has 0 unspecified atom stereocenters. The highest BCUT2D eigenvalue weighted by molar-refractivity contribution is 6.06. The molecule has 1 aromatic heterocycles. The number of carbonyl (C=O) groups is 2. The van der Waals surface area contributed by atoms with Gasteiger partial charge in [-0.2, -0.15) is 0 Å². The van der Waals surface area contributed by atoms with Gasteiger partial charge in [-0.1, -0.05) is 0 Å². The van der Waals surface area contributed by atoms with Crippen LogP contribution in [0.3, 0.4) is 0 Å². The zero-order valence-electron chi connectivity index (χ0n) is 17.5. The number of carbonyl (C=O) groups excluding carboxylic acids is 2. The summed E-state index contributed by atoms with van der Waals surface area (Å²) in [5.41, 5.74) is -0.377. The summed E-state index contributed by atoms with van der Waals surface area (Å²) in [4.78, 5) is 36.2. The van der Waals surface area contributed by atoms with Crippen LogP contribution < -0.4 is 20.4 Å². The number of hydrogen-bond donors (Lipinski definition) is 1. The van der Waals surface area contributed by atoms with E-state index < -0.39 is 23.3 Å². The van der Waals surface area contributed by atoms with E-state index in [9.17, 15) is 14.4 Å². The quantitative estimate of drug-likeness (QED) is 0.301. The van der Waals surface area contributed by atoms with Crippen molar-refractivity contribution in [2.24, 2.45) is 0 Å². The maximum Gasteiger partial charge on any atom is 0.408 e. The van der Waals surface area contributed by atoms with E-state index in [2.05, 4.69) is 5.32 Å². The highest BCUT2D eigenvalue weighted by Crippen LogP contribution is 2.32. The van der Waals surface area contributed by atoms with Crippen LogP contribution in [-0.2, 0) is 9.53 Å². The number of amides is 1. The van der Waals surface area contributed by atoms with Crippen LogP contribution in [0.15, 0.2) is 39.5 Å². The second-order valence-electron chi connectivity index (χ2n) is 7.70. The summed E-state index contributed by atoms with van der Waals surface area (Å²) < 4.78 is 21.1. The molecule has 1 N–H and O–H groups in total. The molecule has 158 valence electrons. The summed E-state index contributed by atoms with van der Waals surface area (Å²) in [5, 5.41) is 4.14. The standard InChI is InChI=1S/C22H23NO7/c1-12-17(28-18(24)11-23-21(26)30-22(2,3)4)9-8-15-14-7-6-13(27-5)10-16(14)20(25)29-19(12)15/h6-10H,11H2,1-5H3,(H,23,26). The van der Waals surface area contributed by atoms with Crippen molar-refractivity contribution < 1.29 is 28.2 Å². The Morgan fingerprint density at radius 2 is 1.77 bits per heavy atom. The first kappa shape index (κ1) is 21.2. The Morgan fingerprint density at radius 1 is 1.07 bits per heavy atom. The fourth-order valence-electron chi connectivity index (χ4n) is 2.95. The summed E-state index contributed by atoms with van der Waals surface area (Å²) in [5.74, 6) is 0.0968. The van der Waals surface area contributed by atoms with Gasteiger partial charge in [0.2, 0.25) is 0 Å². The van der Waals surface area contributed by atoms with Crippen LogP contribution >= 0.6 is 0 Å². The smallest absolute Gasteiger partial charge is 0.408 e. The second-order valence-corrected chi connectivity index (χ2v) is 7.70. The predicted octanol–water partition coefficient (Wildman–Crippen LogP) is 3.69. The summed E-state index contributed by atoms with van der Waals surface area (Å²) in [7, 11) is 1.52. The lowest BCUT2D eigenvalue weighted by molar-refractivity contribution is -0.133. The largest absolute Gasteiger partial charge is 0.497 e. The molecule has 30 heavy (non-hydrogen) atoms. The van der Waals surface area contributed by atoms with E-state index >= 15 is 0 Å². The van der Waals surface area contributed by atoms with E-state index in [0.717, 1.165) is 0 Å². The van der Waals surface area contributed by atoms with Crippen molar-refractivity contribution in [2.75, 3.05) is 13.7 Å². The van der Waals surface area contributed by atoms with Crippen molar-refractivity contribution in [1.82, 2.24) is 5.32 Å². The number of benzene rings is 2. The first-order chi connectivity index (χ1) is 14.1. The molecular formula is C22H23NO7. The van der Waals surface area contributed by atoms with Crippen molar-refractivity contribution in [3.05, 3.63) is 46.3 Å². The van der Waals surface area contributed by atoms with Gasteiger partial charge < -0.3 is 23.9 Å². The van der Waals surface area contributed by atoms with Gasteiger partial charge >= 0.3 is 17.7 Å². The van der Waals surface area contributed by atoms with Gasteiger partial charge in [-0.15, -0.1) is 0 Å². The molecule has 0 fully saturated rings. The number of aryl methyl sites for hydroxylation is 1. The van der Waals surface area contributed by atoms with Crippen LogP contribution in [0, 0.1) is 6.92 Å². The van der Waals surface area contributed by atoms with Gasteiger partial charge in [-0.05, 0) is 58.0 Å². The minimum Gasteiger partial charge on any atom is -0.497 e. The van der Waals surface area contributed by atoms with Crippen molar-refractivity contribution in [1.29, 1.82) is 0 Å². The van der Waals surface area contributed by atoms with E-state index in [0.29, 0.717) is 33.1 Å². The number of esters is 1. The molecule has 8 heteroatoms. The molecule has 0 saturated carbocycles. The Labute approximate surface area is 172 Å². The molecule has 8 nitrogen and oxygen atoms in total. The molecule has 1 amide bonds. The molecule has 3 aromatic rings. The fourth-order valence-corrected chi connectivity index (χ4v) is 2.95. The minimum absolute atomic E-state index is 0.231. The van der Waals surface area contributed by atoms with Gasteiger partial charge in [-0.25, -0.2) is 14.4 Å². The lowest BCUT2D eigenvalue weighted by Crippen LogP contribution is -2.36. The number of alkyl carbamates (subject to hydrolysis) is 1. The molecule has 0 radical (unpaired) electrons. The molecule has 1 heterocycles. The van der Waals surface area contributed by atoms with Crippen molar-refractivity contribution in [2.45, 2.75) is 33.3 Å². The van der Waals surface area contributed by atoms with Gasteiger partial charge in [0.25, 0.3) is 0 Å². The van der Waals surface area contributed by atoms with E-state index in [1.807, 2.05) is 0 Å². The van der Waals surface area contributed by atoms with Crippen LogP contribution in [0.25, 0.3) is 21.7 Å². The molecule has 0 spiro atoms. The number of hydrogen-bond acceptors (Lipinski definition) is 7. The molecule has 0 atom stereocenters. The van der Waals surface area contributed by atoms with Crippen LogP contribution in [-0.4, -0.2) is 31.3 Å². The van der Waals surface area contributed by atoms with E-state index in [4.69, 9.17) is 18.6 Å². The summed E-state index contributed by atoms with van der Waals surface area (Å²) in [6.07, 6.45) is -0.720. The molecule has 0 aliphatic heterocycles. The minimum atomic E-state index is -0.720. The molecule has 0 aliphatic carbocycles. The fraction of sp³-hybridized carbons (Fsp3) is 0.318.